The molecule has 1 aromatic rings. The Morgan fingerprint density at radius 2 is 1.96 bits per heavy atom. The molecule has 25 heavy (non-hydrogen) atoms. The third-order valence-corrected chi connectivity index (χ3v) is 6.00. The molecule has 0 spiro atoms. The van der Waals surface area contributed by atoms with Crippen LogP contribution in [0.25, 0.3) is 0 Å². The van der Waals surface area contributed by atoms with Crippen molar-refractivity contribution in [3.63, 3.8) is 0 Å². The highest BCUT2D eigenvalue weighted by Gasteiger charge is 2.41. The lowest BCUT2D eigenvalue weighted by atomic mass is 9.83. The van der Waals surface area contributed by atoms with Crippen LogP contribution in [0.2, 0.25) is 0 Å². The van der Waals surface area contributed by atoms with E-state index in [1.54, 1.807) is 0 Å². The van der Waals surface area contributed by atoms with E-state index in [-0.39, 0.29) is 5.92 Å². The lowest BCUT2D eigenvalue weighted by molar-refractivity contribution is -0.141. The number of piperidine rings is 1. The predicted octanol–water partition coefficient (Wildman–Crippen LogP) is 2.13. The molecule has 4 heterocycles. The molecule has 3 saturated heterocycles. The zero-order valence-electron chi connectivity index (χ0n) is 15.2. The third-order valence-electron chi connectivity index (χ3n) is 6.00. The van der Waals surface area contributed by atoms with Crippen molar-refractivity contribution >= 4 is 11.9 Å². The van der Waals surface area contributed by atoms with Crippen LogP contribution in [0.4, 0.5) is 5.95 Å². The topological polar surface area (TPSA) is 61.4 Å². The zero-order valence-corrected chi connectivity index (χ0v) is 15.2. The van der Waals surface area contributed by atoms with E-state index in [0.717, 1.165) is 57.0 Å². The van der Waals surface area contributed by atoms with Crippen LogP contribution in [0.15, 0.2) is 12.4 Å². The highest BCUT2D eigenvalue weighted by Crippen LogP contribution is 2.34. The van der Waals surface area contributed by atoms with E-state index in [1.807, 2.05) is 19.3 Å². The molecule has 5 rings (SSSR count). The number of nitrogens with zero attached hydrogens (tertiary/aromatic N) is 4. The summed E-state index contributed by atoms with van der Waals surface area (Å²) >= 11 is 0. The minimum absolute atomic E-state index is 0.181. The summed E-state index contributed by atoms with van der Waals surface area (Å²) in [7, 11) is 0. The Balaban J connectivity index is 1.41. The van der Waals surface area contributed by atoms with Gasteiger partial charge in [-0.2, -0.15) is 0 Å². The normalized spacial score (nSPS) is 27.2. The number of hydrogen-bond acceptors (Lipinski definition) is 5. The van der Waals surface area contributed by atoms with E-state index in [4.69, 9.17) is 0 Å². The Morgan fingerprint density at radius 1 is 1.16 bits per heavy atom. The van der Waals surface area contributed by atoms with Gasteiger partial charge in [-0.05, 0) is 38.5 Å². The van der Waals surface area contributed by atoms with Crippen molar-refractivity contribution in [1.82, 2.24) is 19.8 Å². The van der Waals surface area contributed by atoms with E-state index in [0.29, 0.717) is 17.9 Å². The Bertz CT molecular complexity index is 600. The van der Waals surface area contributed by atoms with Crippen LogP contribution in [0, 0.1) is 11.8 Å². The molecule has 4 aliphatic rings. The van der Waals surface area contributed by atoms with Crippen molar-refractivity contribution in [2.24, 2.45) is 11.8 Å². The molecule has 1 saturated carbocycles. The zero-order chi connectivity index (χ0) is 17.2. The molecule has 3 aliphatic heterocycles. The molecular formula is C19H29N5O. The van der Waals surface area contributed by atoms with Gasteiger partial charge in [0.15, 0.2) is 0 Å². The third kappa shape index (κ3) is 3.64. The summed E-state index contributed by atoms with van der Waals surface area (Å²) < 4.78 is 0. The standard InChI is InChI=1S/C19H29N5O/c1-2-20-19-21-8-15(9-22-19)10-23-12-16-6-7-17(13-23)24(18(16)25)11-14-4-3-5-14/h8-9,14,16-17H,2-7,10-13H2,1H3,(H,20,21,22)/t16-,17+/m1/s1. The van der Waals surface area contributed by atoms with Gasteiger partial charge in [0.25, 0.3) is 0 Å². The van der Waals surface area contributed by atoms with Gasteiger partial charge >= 0.3 is 0 Å². The maximum Gasteiger partial charge on any atom is 0.227 e. The lowest BCUT2D eigenvalue weighted by Crippen LogP contribution is -2.50. The fourth-order valence-corrected chi connectivity index (χ4v) is 4.40. The van der Waals surface area contributed by atoms with Gasteiger partial charge in [0.2, 0.25) is 11.9 Å². The Hall–Kier alpha value is -1.69. The molecule has 6 heteroatoms. The van der Waals surface area contributed by atoms with E-state index < -0.39 is 0 Å². The smallest absolute Gasteiger partial charge is 0.227 e. The molecule has 2 bridgehead atoms. The van der Waals surface area contributed by atoms with Crippen LogP contribution in [0.3, 0.4) is 0 Å². The first-order valence-corrected chi connectivity index (χ1v) is 9.80. The van der Waals surface area contributed by atoms with Crippen LogP contribution in [-0.2, 0) is 11.3 Å². The number of hydrogen-bond donors (Lipinski definition) is 1. The van der Waals surface area contributed by atoms with Crippen LogP contribution < -0.4 is 5.32 Å². The fraction of sp³-hybridized carbons (Fsp3) is 0.737. The largest absolute Gasteiger partial charge is 0.355 e. The summed E-state index contributed by atoms with van der Waals surface area (Å²) in [5.41, 5.74) is 1.13. The average Bonchev–Trinajstić information content (AvgIpc) is 2.84. The van der Waals surface area contributed by atoms with E-state index >= 15 is 0 Å². The maximum absolute atomic E-state index is 12.9. The van der Waals surface area contributed by atoms with Gasteiger partial charge in [-0.25, -0.2) is 9.97 Å². The molecule has 1 amide bonds. The van der Waals surface area contributed by atoms with Crippen LogP contribution in [0.1, 0.15) is 44.6 Å². The van der Waals surface area contributed by atoms with Crippen molar-refractivity contribution in [2.45, 2.75) is 51.6 Å². The number of aromatic nitrogens is 2. The second-order valence-electron chi connectivity index (χ2n) is 7.85. The second kappa shape index (κ2) is 7.28. The highest BCUT2D eigenvalue weighted by atomic mass is 16.2. The molecule has 6 nitrogen and oxygen atoms in total. The Kier molecular flexibility index (Phi) is 4.88. The summed E-state index contributed by atoms with van der Waals surface area (Å²) in [6.07, 6.45) is 9.99. The van der Waals surface area contributed by atoms with Gasteiger partial charge in [-0.1, -0.05) is 6.42 Å². The number of rotatable bonds is 6. The molecule has 0 radical (unpaired) electrons. The number of carbonyl (C=O) groups excluding carboxylic acids is 1. The molecule has 136 valence electrons. The van der Waals surface area contributed by atoms with Crippen LogP contribution in [0.5, 0.6) is 0 Å². The lowest BCUT2D eigenvalue weighted by Gasteiger charge is -2.40. The summed E-state index contributed by atoms with van der Waals surface area (Å²) in [5, 5.41) is 3.13. The molecule has 4 fully saturated rings. The Labute approximate surface area is 150 Å². The summed E-state index contributed by atoms with van der Waals surface area (Å²) in [4.78, 5) is 26.3. The molecule has 0 unspecified atom stereocenters. The quantitative estimate of drug-likeness (QED) is 0.857. The van der Waals surface area contributed by atoms with E-state index in [9.17, 15) is 4.79 Å². The van der Waals surface area contributed by atoms with E-state index in [2.05, 4.69) is 25.1 Å². The monoisotopic (exact) mass is 343 g/mol. The number of fused-ring (bicyclic) bond motifs is 4. The molecule has 2 atom stereocenters. The van der Waals surface area contributed by atoms with Gasteiger partial charge in [0.1, 0.15) is 0 Å². The van der Waals surface area contributed by atoms with Gasteiger partial charge in [0, 0.05) is 56.7 Å². The van der Waals surface area contributed by atoms with Crippen LogP contribution >= 0.6 is 0 Å². The van der Waals surface area contributed by atoms with Crippen molar-refractivity contribution in [3.05, 3.63) is 18.0 Å². The summed E-state index contributed by atoms with van der Waals surface area (Å²) in [5.74, 6) is 2.03. The van der Waals surface area contributed by atoms with Gasteiger partial charge in [0.05, 0.1) is 5.92 Å². The van der Waals surface area contributed by atoms with Gasteiger partial charge in [-0.3, -0.25) is 9.69 Å². The SMILES string of the molecule is CCNc1ncc(CN2C[C@H]3CC[C@@H](C2)N(CC2CCC2)C3=O)cn1. The van der Waals surface area contributed by atoms with Crippen molar-refractivity contribution in [1.29, 1.82) is 0 Å². The van der Waals surface area contributed by atoms with Crippen molar-refractivity contribution in [3.8, 4) is 0 Å². The summed E-state index contributed by atoms with van der Waals surface area (Å²) in [6, 6.07) is 0.397. The van der Waals surface area contributed by atoms with Crippen molar-refractivity contribution < 1.29 is 4.79 Å². The second-order valence-corrected chi connectivity index (χ2v) is 7.85. The van der Waals surface area contributed by atoms with Gasteiger partial charge < -0.3 is 10.2 Å². The highest BCUT2D eigenvalue weighted by molar-refractivity contribution is 5.80. The molecule has 1 aliphatic carbocycles. The molecule has 1 aromatic heterocycles. The number of nitrogens with one attached hydrogen (secondary N) is 1. The maximum atomic E-state index is 12.9. The first-order chi connectivity index (χ1) is 12.2. The minimum atomic E-state index is 0.181. The fourth-order valence-electron chi connectivity index (χ4n) is 4.40. The van der Waals surface area contributed by atoms with Crippen molar-refractivity contribution in [2.75, 3.05) is 31.5 Å². The van der Waals surface area contributed by atoms with Gasteiger partial charge in [-0.15, -0.1) is 0 Å². The predicted molar refractivity (Wildman–Crippen MR) is 97.0 cm³/mol. The molecule has 1 N–H and O–H groups in total. The van der Waals surface area contributed by atoms with Crippen LogP contribution in [-0.4, -0.2) is 57.9 Å². The number of amides is 1. The summed E-state index contributed by atoms with van der Waals surface area (Å²) in [6.45, 7) is 6.57. The molecule has 0 aromatic carbocycles. The first kappa shape index (κ1) is 16.8. The van der Waals surface area contributed by atoms with E-state index in [1.165, 1.54) is 19.3 Å². The number of carbonyl (C=O) groups is 1. The molecular weight excluding hydrogens is 314 g/mol. The number of anilines is 1. The first-order valence-electron chi connectivity index (χ1n) is 9.80. The Morgan fingerprint density at radius 3 is 2.64 bits per heavy atom. The minimum Gasteiger partial charge on any atom is -0.355 e. The average molecular weight is 343 g/mol.